The number of carbonyl (C=O) groups is 1. The molecule has 0 aliphatic carbocycles. The van der Waals surface area contributed by atoms with Gasteiger partial charge in [-0.05, 0) is 12.1 Å². The number of carbonyl (C=O) groups excluding carboxylic acids is 1. The van der Waals surface area contributed by atoms with Crippen molar-refractivity contribution in [3.05, 3.63) is 23.8 Å². The van der Waals surface area contributed by atoms with Crippen LogP contribution in [0.15, 0.2) is 18.2 Å². The third kappa shape index (κ3) is 1.56. The summed E-state index contributed by atoms with van der Waals surface area (Å²) in [6.45, 7) is 0. The molecular formula is C9H10O3. The van der Waals surface area contributed by atoms with E-state index in [1.807, 2.05) is 0 Å². The van der Waals surface area contributed by atoms with Crippen LogP contribution >= 0.6 is 0 Å². The second kappa shape index (κ2) is 3.76. The Hall–Kier alpha value is -1.51. The van der Waals surface area contributed by atoms with Crippen LogP contribution < -0.4 is 4.74 Å². The van der Waals surface area contributed by atoms with Crippen molar-refractivity contribution >= 4 is 6.29 Å². The molecule has 0 aliphatic rings. The lowest BCUT2D eigenvalue weighted by atomic mass is 10.1. The largest absolute Gasteiger partial charge is 0.508 e. The van der Waals surface area contributed by atoms with Crippen molar-refractivity contribution in [3.8, 4) is 11.5 Å². The summed E-state index contributed by atoms with van der Waals surface area (Å²) in [6.07, 6.45) is 0.910. The van der Waals surface area contributed by atoms with Crippen LogP contribution in [-0.4, -0.2) is 18.5 Å². The summed E-state index contributed by atoms with van der Waals surface area (Å²) in [6, 6.07) is 4.91. The minimum atomic E-state index is 0.0986. The van der Waals surface area contributed by atoms with Crippen LogP contribution in [0.3, 0.4) is 0 Å². The van der Waals surface area contributed by atoms with E-state index in [4.69, 9.17) is 4.74 Å². The van der Waals surface area contributed by atoms with Gasteiger partial charge in [0.15, 0.2) is 0 Å². The average Bonchev–Trinajstić information content (AvgIpc) is 2.09. The van der Waals surface area contributed by atoms with Crippen molar-refractivity contribution < 1.29 is 14.6 Å². The number of aromatic hydroxyl groups is 1. The molecule has 0 atom stereocenters. The lowest BCUT2D eigenvalue weighted by Gasteiger charge is -2.06. The van der Waals surface area contributed by atoms with Crippen LogP contribution in [0.1, 0.15) is 5.56 Å². The predicted molar refractivity (Wildman–Crippen MR) is 44.4 cm³/mol. The van der Waals surface area contributed by atoms with E-state index in [9.17, 15) is 9.90 Å². The molecule has 1 aromatic rings. The van der Waals surface area contributed by atoms with Gasteiger partial charge in [0.2, 0.25) is 0 Å². The average molecular weight is 166 g/mol. The Kier molecular flexibility index (Phi) is 2.69. The number of methoxy groups -OCH3 is 1. The van der Waals surface area contributed by atoms with Crippen LogP contribution in [0.4, 0.5) is 0 Å². The number of phenols is 1. The predicted octanol–water partition coefficient (Wildman–Crippen LogP) is 1.14. The maximum atomic E-state index is 10.2. The summed E-state index contributed by atoms with van der Waals surface area (Å²) < 4.78 is 4.96. The third-order valence-corrected chi connectivity index (χ3v) is 1.62. The lowest BCUT2D eigenvalue weighted by molar-refractivity contribution is -0.107. The quantitative estimate of drug-likeness (QED) is 0.685. The minimum Gasteiger partial charge on any atom is -0.508 e. The highest BCUT2D eigenvalue weighted by Crippen LogP contribution is 2.26. The van der Waals surface area contributed by atoms with Gasteiger partial charge in [-0.2, -0.15) is 0 Å². The monoisotopic (exact) mass is 166 g/mol. The van der Waals surface area contributed by atoms with Crippen molar-refractivity contribution in [2.24, 2.45) is 0 Å². The number of rotatable bonds is 3. The molecule has 64 valence electrons. The van der Waals surface area contributed by atoms with E-state index in [1.54, 1.807) is 12.1 Å². The van der Waals surface area contributed by atoms with E-state index < -0.39 is 0 Å². The second-order valence-corrected chi connectivity index (χ2v) is 2.33. The van der Waals surface area contributed by atoms with Crippen molar-refractivity contribution in [1.82, 2.24) is 0 Å². The molecule has 1 rings (SSSR count). The first-order chi connectivity index (χ1) is 5.79. The lowest BCUT2D eigenvalue weighted by Crippen LogP contribution is -1.93. The molecule has 0 aromatic heterocycles. The van der Waals surface area contributed by atoms with Crippen LogP contribution in [0.2, 0.25) is 0 Å². The summed E-state index contributed by atoms with van der Waals surface area (Å²) in [5.74, 6) is 0.642. The molecule has 3 heteroatoms. The Bertz CT molecular complexity index is 281. The highest BCUT2D eigenvalue weighted by atomic mass is 16.5. The first-order valence-corrected chi connectivity index (χ1v) is 3.58. The van der Waals surface area contributed by atoms with E-state index in [1.165, 1.54) is 13.2 Å². The SMILES string of the molecule is COc1cccc(O)c1CC=O. The molecule has 0 saturated heterocycles. The second-order valence-electron chi connectivity index (χ2n) is 2.33. The van der Waals surface area contributed by atoms with Crippen LogP contribution in [-0.2, 0) is 11.2 Å². The molecule has 0 saturated carbocycles. The van der Waals surface area contributed by atoms with Crippen molar-refractivity contribution in [3.63, 3.8) is 0 Å². The Morgan fingerprint density at radius 2 is 2.33 bits per heavy atom. The summed E-state index contributed by atoms with van der Waals surface area (Å²) in [4.78, 5) is 10.2. The molecule has 0 spiro atoms. The molecule has 0 heterocycles. The van der Waals surface area contributed by atoms with Gasteiger partial charge < -0.3 is 14.6 Å². The molecule has 0 radical (unpaired) electrons. The Morgan fingerprint density at radius 3 is 2.92 bits per heavy atom. The molecule has 0 unspecified atom stereocenters. The maximum absolute atomic E-state index is 10.2. The number of ether oxygens (including phenoxy) is 1. The molecule has 0 aliphatic heterocycles. The Labute approximate surface area is 70.6 Å². The molecule has 0 amide bonds. The zero-order valence-corrected chi connectivity index (χ0v) is 6.78. The summed E-state index contributed by atoms with van der Waals surface area (Å²) in [5.41, 5.74) is 0.537. The van der Waals surface area contributed by atoms with Gasteiger partial charge in [-0.25, -0.2) is 0 Å². The molecule has 3 nitrogen and oxygen atoms in total. The zero-order valence-electron chi connectivity index (χ0n) is 6.78. The number of hydrogen-bond donors (Lipinski definition) is 1. The topological polar surface area (TPSA) is 46.5 Å². The van der Waals surface area contributed by atoms with Crippen molar-refractivity contribution in [1.29, 1.82) is 0 Å². The summed E-state index contributed by atoms with van der Waals surface area (Å²) in [5, 5.41) is 9.31. The van der Waals surface area contributed by atoms with Crippen LogP contribution in [0, 0.1) is 0 Å². The molecule has 1 aromatic carbocycles. The maximum Gasteiger partial charge on any atom is 0.126 e. The van der Waals surface area contributed by atoms with Crippen molar-refractivity contribution in [2.45, 2.75) is 6.42 Å². The molecule has 1 N–H and O–H groups in total. The number of hydrogen-bond acceptors (Lipinski definition) is 3. The van der Waals surface area contributed by atoms with Crippen molar-refractivity contribution in [2.75, 3.05) is 7.11 Å². The van der Waals surface area contributed by atoms with Crippen LogP contribution in [0.25, 0.3) is 0 Å². The summed E-state index contributed by atoms with van der Waals surface area (Å²) >= 11 is 0. The number of benzene rings is 1. The smallest absolute Gasteiger partial charge is 0.126 e. The Morgan fingerprint density at radius 1 is 1.58 bits per heavy atom. The van der Waals surface area contributed by atoms with Gasteiger partial charge in [-0.15, -0.1) is 0 Å². The van der Waals surface area contributed by atoms with E-state index in [2.05, 4.69) is 0 Å². The van der Waals surface area contributed by atoms with E-state index >= 15 is 0 Å². The van der Waals surface area contributed by atoms with Gasteiger partial charge in [0.1, 0.15) is 17.8 Å². The molecule has 0 bridgehead atoms. The van der Waals surface area contributed by atoms with Crippen LogP contribution in [0.5, 0.6) is 11.5 Å². The van der Waals surface area contributed by atoms with Gasteiger partial charge in [0.25, 0.3) is 0 Å². The number of aldehydes is 1. The fourth-order valence-corrected chi connectivity index (χ4v) is 1.03. The third-order valence-electron chi connectivity index (χ3n) is 1.62. The summed E-state index contributed by atoms with van der Waals surface area (Å²) in [7, 11) is 1.50. The van der Waals surface area contributed by atoms with E-state index in [0.29, 0.717) is 11.3 Å². The zero-order chi connectivity index (χ0) is 8.97. The van der Waals surface area contributed by atoms with E-state index in [0.717, 1.165) is 6.29 Å². The highest BCUT2D eigenvalue weighted by molar-refractivity contribution is 5.60. The fourth-order valence-electron chi connectivity index (χ4n) is 1.03. The first kappa shape index (κ1) is 8.59. The molecular weight excluding hydrogens is 156 g/mol. The van der Waals surface area contributed by atoms with Gasteiger partial charge in [0, 0.05) is 12.0 Å². The number of phenolic OH excluding ortho intramolecular Hbond substituents is 1. The van der Waals surface area contributed by atoms with E-state index in [-0.39, 0.29) is 12.2 Å². The van der Waals surface area contributed by atoms with Gasteiger partial charge in [0.05, 0.1) is 7.11 Å². The standard InChI is InChI=1S/C9H10O3/c1-12-9-4-2-3-8(11)7(9)5-6-10/h2-4,6,11H,5H2,1H3. The van der Waals surface area contributed by atoms with Gasteiger partial charge >= 0.3 is 0 Å². The fraction of sp³-hybridized carbons (Fsp3) is 0.222. The highest BCUT2D eigenvalue weighted by Gasteiger charge is 2.06. The normalized spacial score (nSPS) is 9.42. The van der Waals surface area contributed by atoms with Gasteiger partial charge in [-0.3, -0.25) is 0 Å². The first-order valence-electron chi connectivity index (χ1n) is 3.58. The molecule has 12 heavy (non-hydrogen) atoms. The van der Waals surface area contributed by atoms with Gasteiger partial charge in [-0.1, -0.05) is 6.07 Å². The molecule has 0 fully saturated rings. The Balaban J connectivity index is 3.10. The minimum absolute atomic E-state index is 0.0986.